The van der Waals surface area contributed by atoms with Crippen molar-refractivity contribution in [3.63, 3.8) is 0 Å². The molecular weight excluding hydrogens is 246 g/mol. The number of hydrogen-bond donors (Lipinski definition) is 4. The first-order chi connectivity index (χ1) is 7.92. The van der Waals surface area contributed by atoms with Crippen LogP contribution in [0.2, 0.25) is 0 Å². The second kappa shape index (κ2) is 7.83. The molecule has 3 N–H and O–H groups in total. The second-order valence-corrected chi connectivity index (χ2v) is 3.82. The summed E-state index contributed by atoms with van der Waals surface area (Å²) in [5.74, 6) is -3.35. The van der Waals surface area contributed by atoms with E-state index in [4.69, 9.17) is 10.2 Å². The zero-order chi connectivity index (χ0) is 13.4. The number of carboxylic acid groups (broad SMARTS) is 2. The average molecular weight is 262 g/mol. The van der Waals surface area contributed by atoms with Crippen molar-refractivity contribution < 1.29 is 24.6 Å². The maximum atomic E-state index is 11.3. The third-order valence-electron chi connectivity index (χ3n) is 2.22. The number of hydrogen-bond acceptors (Lipinski definition) is 4. The lowest BCUT2D eigenvalue weighted by atomic mass is 10.0. The van der Waals surface area contributed by atoms with Crippen molar-refractivity contribution >= 4 is 30.5 Å². The van der Waals surface area contributed by atoms with Gasteiger partial charge in [-0.15, -0.1) is 0 Å². The molecule has 0 aliphatic heterocycles. The van der Waals surface area contributed by atoms with E-state index in [1.807, 2.05) is 0 Å². The third-order valence-corrected chi connectivity index (χ3v) is 2.58. The monoisotopic (exact) mass is 262 g/mol. The Kier molecular flexibility index (Phi) is 7.20. The standard InChI is InChI=1S/C10H15NO5S/c1-2-6(9(13)14)3-4-8(12)11-7(5-17)10(15)16/h2,6-7H,3-5H2,1H3,(H3-,11,12,13,14,15,16,17)/p+1. The van der Waals surface area contributed by atoms with Gasteiger partial charge in [0.1, 0.15) is 6.04 Å². The van der Waals surface area contributed by atoms with Gasteiger partial charge in [-0.25, -0.2) is 9.59 Å². The summed E-state index contributed by atoms with van der Waals surface area (Å²) in [7, 11) is 0. The van der Waals surface area contributed by atoms with Gasteiger partial charge in [-0.2, -0.15) is 12.6 Å². The largest absolute Gasteiger partial charge is 0.480 e. The van der Waals surface area contributed by atoms with Crippen LogP contribution in [0.5, 0.6) is 0 Å². The van der Waals surface area contributed by atoms with Crippen LogP contribution in [0.1, 0.15) is 19.8 Å². The van der Waals surface area contributed by atoms with Crippen molar-refractivity contribution in [3.05, 3.63) is 6.42 Å². The molecule has 7 heteroatoms. The summed E-state index contributed by atoms with van der Waals surface area (Å²) in [5.41, 5.74) is 0. The van der Waals surface area contributed by atoms with Gasteiger partial charge in [0, 0.05) is 18.6 Å². The average Bonchev–Trinajstić information content (AvgIpc) is 2.25. The summed E-state index contributed by atoms with van der Waals surface area (Å²) in [5, 5.41) is 19.7. The number of amides is 1. The third kappa shape index (κ3) is 6.06. The molecule has 0 aromatic rings. The number of thiol groups is 1. The maximum Gasteiger partial charge on any atom is 0.352 e. The Bertz CT molecular complexity index is 294. The minimum absolute atomic E-state index is 0.0106. The van der Waals surface area contributed by atoms with E-state index in [-0.39, 0.29) is 18.6 Å². The van der Waals surface area contributed by atoms with E-state index >= 15 is 0 Å². The van der Waals surface area contributed by atoms with Gasteiger partial charge in [0.25, 0.3) is 0 Å². The van der Waals surface area contributed by atoms with Crippen LogP contribution in [-0.4, -0.2) is 39.9 Å². The molecule has 17 heavy (non-hydrogen) atoms. The number of carbonyl (C=O) groups excluding carboxylic acids is 1. The van der Waals surface area contributed by atoms with E-state index in [0.717, 1.165) is 0 Å². The van der Waals surface area contributed by atoms with E-state index < -0.39 is 29.8 Å². The molecule has 0 aromatic carbocycles. The molecule has 0 spiro atoms. The van der Waals surface area contributed by atoms with Crippen LogP contribution in [-0.2, 0) is 14.4 Å². The molecule has 0 radical (unpaired) electrons. The molecule has 0 fully saturated rings. The predicted molar refractivity (Wildman–Crippen MR) is 63.8 cm³/mol. The fraction of sp³-hybridized carbons (Fsp3) is 0.600. The first-order valence-corrected chi connectivity index (χ1v) is 5.71. The highest BCUT2D eigenvalue weighted by atomic mass is 32.1. The Morgan fingerprint density at radius 1 is 1.29 bits per heavy atom. The summed E-state index contributed by atoms with van der Waals surface area (Å²) < 4.78 is 0. The number of rotatable bonds is 8. The molecule has 0 heterocycles. The minimum Gasteiger partial charge on any atom is -0.480 e. The van der Waals surface area contributed by atoms with Crippen LogP contribution in [0, 0.1) is 12.3 Å². The number of aliphatic carboxylic acids is 2. The van der Waals surface area contributed by atoms with Crippen molar-refractivity contribution in [1.29, 1.82) is 0 Å². The SMILES string of the molecule is C[CH+]C(CCC(=O)NC(CS)C(=O)O)C(=O)O. The molecule has 6 nitrogen and oxygen atoms in total. The molecule has 0 aliphatic rings. The van der Waals surface area contributed by atoms with Crippen LogP contribution >= 0.6 is 12.6 Å². The van der Waals surface area contributed by atoms with Crippen molar-refractivity contribution in [3.8, 4) is 0 Å². The van der Waals surface area contributed by atoms with Gasteiger partial charge in [-0.05, 0) is 0 Å². The minimum atomic E-state index is -1.16. The van der Waals surface area contributed by atoms with Gasteiger partial charge >= 0.3 is 11.9 Å². The first-order valence-electron chi connectivity index (χ1n) is 5.07. The Balaban J connectivity index is 4.10. The molecule has 0 bridgehead atoms. The van der Waals surface area contributed by atoms with E-state index in [0.29, 0.717) is 0 Å². The molecule has 1 amide bonds. The maximum absolute atomic E-state index is 11.3. The van der Waals surface area contributed by atoms with Crippen molar-refractivity contribution in [2.45, 2.75) is 25.8 Å². The molecule has 0 rings (SSSR count). The predicted octanol–water partition coefficient (Wildman–Crippen LogP) is 0.191. The molecule has 96 valence electrons. The highest BCUT2D eigenvalue weighted by Gasteiger charge is 2.25. The Morgan fingerprint density at radius 2 is 1.88 bits per heavy atom. The Hall–Kier alpha value is -1.37. The van der Waals surface area contributed by atoms with Crippen LogP contribution < -0.4 is 5.32 Å². The normalized spacial score (nSPS) is 13.5. The molecule has 2 atom stereocenters. The van der Waals surface area contributed by atoms with Crippen molar-refractivity contribution in [2.75, 3.05) is 5.75 Å². The summed E-state index contributed by atoms with van der Waals surface area (Å²) >= 11 is 3.79. The highest BCUT2D eigenvalue weighted by molar-refractivity contribution is 7.80. The fourth-order valence-electron chi connectivity index (χ4n) is 1.17. The van der Waals surface area contributed by atoms with Crippen LogP contribution in [0.3, 0.4) is 0 Å². The van der Waals surface area contributed by atoms with Gasteiger partial charge in [0.15, 0.2) is 5.92 Å². The smallest absolute Gasteiger partial charge is 0.352 e. The van der Waals surface area contributed by atoms with Gasteiger partial charge < -0.3 is 15.5 Å². The van der Waals surface area contributed by atoms with Gasteiger partial charge in [0.05, 0.1) is 13.3 Å². The van der Waals surface area contributed by atoms with E-state index in [9.17, 15) is 14.4 Å². The summed E-state index contributed by atoms with van der Waals surface area (Å²) in [6.07, 6.45) is 1.61. The zero-order valence-corrected chi connectivity index (χ0v) is 10.3. The topological polar surface area (TPSA) is 104 Å². The van der Waals surface area contributed by atoms with Crippen LogP contribution in [0.15, 0.2) is 0 Å². The van der Waals surface area contributed by atoms with Crippen LogP contribution in [0.25, 0.3) is 0 Å². The molecule has 0 aromatic heterocycles. The fourth-order valence-corrected chi connectivity index (χ4v) is 1.42. The summed E-state index contributed by atoms with van der Waals surface area (Å²) in [6, 6.07) is -1.04. The van der Waals surface area contributed by atoms with Gasteiger partial charge in [-0.3, -0.25) is 4.79 Å². The quantitative estimate of drug-likeness (QED) is 0.369. The molecule has 0 saturated carbocycles. The molecule has 0 saturated heterocycles. The van der Waals surface area contributed by atoms with E-state index in [2.05, 4.69) is 17.9 Å². The van der Waals surface area contributed by atoms with Gasteiger partial charge in [0.2, 0.25) is 5.91 Å². The number of carbonyl (C=O) groups is 3. The zero-order valence-electron chi connectivity index (χ0n) is 9.42. The van der Waals surface area contributed by atoms with Crippen molar-refractivity contribution in [2.24, 2.45) is 5.92 Å². The highest BCUT2D eigenvalue weighted by Crippen LogP contribution is 2.10. The van der Waals surface area contributed by atoms with E-state index in [1.165, 1.54) is 6.42 Å². The van der Waals surface area contributed by atoms with Crippen LogP contribution in [0.4, 0.5) is 0 Å². The lowest BCUT2D eigenvalue weighted by Gasteiger charge is -2.11. The molecular formula is C10H16NO5S+. The Labute approximate surface area is 105 Å². The molecule has 2 unspecified atom stereocenters. The Morgan fingerprint density at radius 3 is 2.24 bits per heavy atom. The second-order valence-electron chi connectivity index (χ2n) is 3.46. The lowest BCUT2D eigenvalue weighted by Crippen LogP contribution is -2.42. The van der Waals surface area contributed by atoms with Gasteiger partial charge in [-0.1, -0.05) is 0 Å². The summed E-state index contributed by atoms with van der Waals surface area (Å²) in [4.78, 5) is 32.6. The number of nitrogens with one attached hydrogen (secondary N) is 1. The summed E-state index contributed by atoms with van der Waals surface area (Å²) in [6.45, 7) is 1.60. The number of carboxylic acids is 2. The van der Waals surface area contributed by atoms with Crippen molar-refractivity contribution in [1.82, 2.24) is 5.32 Å². The molecule has 0 aliphatic carbocycles. The van der Waals surface area contributed by atoms with E-state index in [1.54, 1.807) is 6.92 Å². The first kappa shape index (κ1) is 15.6. The lowest BCUT2D eigenvalue weighted by molar-refractivity contribution is -0.142.